The van der Waals surface area contributed by atoms with E-state index in [1.165, 1.54) is 6.07 Å². The summed E-state index contributed by atoms with van der Waals surface area (Å²) in [7, 11) is 0. The quantitative estimate of drug-likeness (QED) is 0.811. The molecular weight excluding hydrogens is 272 g/mol. The zero-order chi connectivity index (χ0) is 14.0. The molecular formula is C13H10F2NO2S-. The van der Waals surface area contributed by atoms with E-state index in [9.17, 15) is 17.5 Å². The van der Waals surface area contributed by atoms with Crippen LogP contribution in [0.15, 0.2) is 42.5 Å². The second kappa shape index (κ2) is 5.46. The van der Waals surface area contributed by atoms with E-state index in [1.807, 2.05) is 6.92 Å². The summed E-state index contributed by atoms with van der Waals surface area (Å²) in [6, 6.07) is 9.57. The molecule has 0 saturated heterocycles. The lowest BCUT2D eigenvalue weighted by Crippen LogP contribution is -2.19. The Morgan fingerprint density at radius 2 is 1.58 bits per heavy atom. The van der Waals surface area contributed by atoms with Gasteiger partial charge in [0.1, 0.15) is 0 Å². The van der Waals surface area contributed by atoms with E-state index >= 15 is 0 Å². The highest BCUT2D eigenvalue weighted by molar-refractivity contribution is 7.81. The summed E-state index contributed by atoms with van der Waals surface area (Å²) < 4.78 is 49.5. The average molecular weight is 282 g/mol. The lowest BCUT2D eigenvalue weighted by molar-refractivity contribution is 0.508. The Bertz CT molecular complexity index is 617. The maximum atomic E-state index is 13.2. The van der Waals surface area contributed by atoms with Crippen molar-refractivity contribution in [3.8, 4) is 0 Å². The van der Waals surface area contributed by atoms with E-state index in [0.717, 1.165) is 22.0 Å². The zero-order valence-corrected chi connectivity index (χ0v) is 10.8. The smallest absolute Gasteiger partial charge is 0.160 e. The van der Waals surface area contributed by atoms with Crippen molar-refractivity contribution >= 4 is 22.6 Å². The molecule has 100 valence electrons. The van der Waals surface area contributed by atoms with Gasteiger partial charge in [0, 0.05) is 6.07 Å². The third-order valence-corrected chi connectivity index (χ3v) is 3.28. The van der Waals surface area contributed by atoms with Gasteiger partial charge < -0.3 is 4.55 Å². The van der Waals surface area contributed by atoms with Gasteiger partial charge in [0.15, 0.2) is 11.6 Å². The van der Waals surface area contributed by atoms with Crippen LogP contribution in [-0.4, -0.2) is 8.76 Å². The second-order valence-corrected chi connectivity index (χ2v) is 4.74. The highest BCUT2D eigenvalue weighted by Gasteiger charge is 2.12. The molecule has 2 rings (SSSR count). The zero-order valence-electron chi connectivity index (χ0n) is 9.97. The van der Waals surface area contributed by atoms with Crippen molar-refractivity contribution in [2.45, 2.75) is 6.92 Å². The SMILES string of the molecule is Cc1ccc(N(c2ccc(F)c(F)c2)S(=O)[O-])cc1. The molecule has 3 nitrogen and oxygen atoms in total. The molecule has 0 N–H and O–H groups in total. The van der Waals surface area contributed by atoms with Gasteiger partial charge in [-0.05, 0) is 31.2 Å². The Balaban J connectivity index is 2.48. The van der Waals surface area contributed by atoms with E-state index in [1.54, 1.807) is 24.3 Å². The summed E-state index contributed by atoms with van der Waals surface area (Å²) in [6.45, 7) is 1.86. The summed E-state index contributed by atoms with van der Waals surface area (Å²) in [4.78, 5) is 0. The van der Waals surface area contributed by atoms with Crippen LogP contribution >= 0.6 is 0 Å². The van der Waals surface area contributed by atoms with Crippen LogP contribution in [0.25, 0.3) is 0 Å². The van der Waals surface area contributed by atoms with Gasteiger partial charge in [0.05, 0.1) is 22.6 Å². The van der Waals surface area contributed by atoms with E-state index < -0.39 is 22.9 Å². The predicted octanol–water partition coefficient (Wildman–Crippen LogP) is 3.21. The van der Waals surface area contributed by atoms with Crippen LogP contribution in [0.2, 0.25) is 0 Å². The first-order chi connectivity index (χ1) is 8.99. The number of aryl methyl sites for hydroxylation is 1. The maximum Gasteiger partial charge on any atom is 0.160 e. The number of rotatable bonds is 3. The van der Waals surface area contributed by atoms with Crippen LogP contribution in [0.3, 0.4) is 0 Å². The molecule has 1 unspecified atom stereocenters. The minimum atomic E-state index is -2.63. The first-order valence-corrected chi connectivity index (χ1v) is 6.43. The van der Waals surface area contributed by atoms with Gasteiger partial charge in [-0.2, -0.15) is 0 Å². The Labute approximate surface area is 111 Å². The minimum absolute atomic E-state index is 0.0380. The van der Waals surface area contributed by atoms with Gasteiger partial charge in [-0.15, -0.1) is 0 Å². The van der Waals surface area contributed by atoms with Crippen LogP contribution in [0, 0.1) is 18.6 Å². The molecule has 0 aliphatic rings. The number of anilines is 2. The van der Waals surface area contributed by atoms with E-state index in [0.29, 0.717) is 5.69 Å². The number of nitrogens with zero attached hydrogens (tertiary/aromatic N) is 1. The van der Waals surface area contributed by atoms with Crippen LogP contribution in [-0.2, 0) is 11.3 Å². The van der Waals surface area contributed by atoms with Gasteiger partial charge in [0.25, 0.3) is 0 Å². The Kier molecular flexibility index (Phi) is 3.92. The number of benzene rings is 2. The average Bonchev–Trinajstić information content (AvgIpc) is 2.36. The van der Waals surface area contributed by atoms with Gasteiger partial charge in [-0.25, -0.2) is 8.78 Å². The summed E-state index contributed by atoms with van der Waals surface area (Å²) in [5.41, 5.74) is 1.35. The van der Waals surface area contributed by atoms with Gasteiger partial charge in [0.2, 0.25) is 0 Å². The molecule has 0 aromatic heterocycles. The number of hydrogen-bond donors (Lipinski definition) is 0. The third-order valence-electron chi connectivity index (χ3n) is 2.56. The van der Waals surface area contributed by atoms with Crippen molar-refractivity contribution in [1.82, 2.24) is 0 Å². The third kappa shape index (κ3) is 2.97. The number of halogens is 2. The molecule has 0 fully saturated rings. The lowest BCUT2D eigenvalue weighted by Gasteiger charge is -2.26. The van der Waals surface area contributed by atoms with Crippen LogP contribution in [0.1, 0.15) is 5.56 Å². The molecule has 0 bridgehead atoms. The fraction of sp³-hybridized carbons (Fsp3) is 0.0769. The first-order valence-electron chi connectivity index (χ1n) is 5.40. The molecule has 0 spiro atoms. The molecule has 0 saturated carbocycles. The predicted molar refractivity (Wildman–Crippen MR) is 68.6 cm³/mol. The van der Waals surface area contributed by atoms with Crippen molar-refractivity contribution in [1.29, 1.82) is 0 Å². The Morgan fingerprint density at radius 1 is 1.00 bits per heavy atom. The van der Waals surface area contributed by atoms with Crippen molar-refractivity contribution in [2.24, 2.45) is 0 Å². The molecule has 0 aliphatic carbocycles. The summed E-state index contributed by atoms with van der Waals surface area (Å²) >= 11 is -2.63. The Morgan fingerprint density at radius 3 is 2.11 bits per heavy atom. The van der Waals surface area contributed by atoms with Gasteiger partial charge in [-0.1, -0.05) is 17.7 Å². The molecule has 2 aromatic carbocycles. The van der Waals surface area contributed by atoms with Crippen LogP contribution in [0.5, 0.6) is 0 Å². The summed E-state index contributed by atoms with van der Waals surface area (Å²) in [6.07, 6.45) is 0. The van der Waals surface area contributed by atoms with Crippen LogP contribution < -0.4 is 4.31 Å². The van der Waals surface area contributed by atoms with Crippen molar-refractivity contribution in [3.05, 3.63) is 59.7 Å². The van der Waals surface area contributed by atoms with Crippen molar-refractivity contribution < 1.29 is 17.5 Å². The topological polar surface area (TPSA) is 43.4 Å². The molecule has 19 heavy (non-hydrogen) atoms. The number of hydrogen-bond acceptors (Lipinski definition) is 2. The fourth-order valence-corrected chi connectivity index (χ4v) is 2.19. The summed E-state index contributed by atoms with van der Waals surface area (Å²) in [5.74, 6) is -2.12. The monoisotopic (exact) mass is 282 g/mol. The summed E-state index contributed by atoms with van der Waals surface area (Å²) in [5, 5.41) is 0. The van der Waals surface area contributed by atoms with Gasteiger partial charge in [-0.3, -0.25) is 8.51 Å². The molecule has 0 amide bonds. The van der Waals surface area contributed by atoms with E-state index in [4.69, 9.17) is 0 Å². The maximum absolute atomic E-state index is 13.2. The molecule has 1 atom stereocenters. The van der Waals surface area contributed by atoms with Crippen LogP contribution in [0.4, 0.5) is 20.2 Å². The molecule has 0 aliphatic heterocycles. The Hall–Kier alpha value is -1.79. The lowest BCUT2D eigenvalue weighted by atomic mass is 10.2. The fourth-order valence-electron chi connectivity index (χ4n) is 1.61. The van der Waals surface area contributed by atoms with E-state index in [-0.39, 0.29) is 5.69 Å². The van der Waals surface area contributed by atoms with E-state index in [2.05, 4.69) is 0 Å². The molecule has 2 aromatic rings. The molecule has 0 radical (unpaired) electrons. The normalized spacial score (nSPS) is 12.2. The van der Waals surface area contributed by atoms with Gasteiger partial charge >= 0.3 is 0 Å². The standard InChI is InChI=1S/C13H11F2NO2S/c1-9-2-4-10(5-3-9)16(19(17)18)11-6-7-12(14)13(15)8-11/h2-8H,1H3,(H,17,18)/p-1. The molecule has 0 heterocycles. The minimum Gasteiger partial charge on any atom is -0.755 e. The highest BCUT2D eigenvalue weighted by Crippen LogP contribution is 2.28. The first kappa shape index (κ1) is 13.6. The van der Waals surface area contributed by atoms with Crippen molar-refractivity contribution in [2.75, 3.05) is 4.31 Å². The van der Waals surface area contributed by atoms with Crippen molar-refractivity contribution in [3.63, 3.8) is 0 Å². The highest BCUT2D eigenvalue weighted by atomic mass is 32.2. The largest absolute Gasteiger partial charge is 0.755 e. The molecule has 6 heteroatoms. The second-order valence-electron chi connectivity index (χ2n) is 3.95.